The molecule has 2 N–H and O–H groups in total. The second kappa shape index (κ2) is 19.3. The molecular weight excluding hydrogens is 576 g/mol. The summed E-state index contributed by atoms with van der Waals surface area (Å²) in [6, 6.07) is 0. The van der Waals surface area contributed by atoms with Crippen LogP contribution in [-0.2, 0) is 19.1 Å². The van der Waals surface area contributed by atoms with Gasteiger partial charge in [-0.3, -0.25) is 9.59 Å². The van der Waals surface area contributed by atoms with Gasteiger partial charge >= 0.3 is 30.1 Å². The predicted octanol–water partition coefficient (Wildman–Crippen LogP) is 1.03. The zero-order valence-corrected chi connectivity index (χ0v) is 22.7. The number of hydrogen-bond donors (Lipinski definition) is 2. The number of quaternary nitrogens is 1. The molecule has 0 aliphatic rings. The summed E-state index contributed by atoms with van der Waals surface area (Å²) in [7, 11) is 1.86. The van der Waals surface area contributed by atoms with Gasteiger partial charge < -0.3 is 36.8 Å². The zero-order chi connectivity index (χ0) is 27.7. The van der Waals surface area contributed by atoms with Gasteiger partial charge in [-0.1, -0.05) is 32.3 Å². The van der Waals surface area contributed by atoms with Gasteiger partial charge in [-0.25, -0.2) is 4.79 Å². The molecule has 0 saturated heterocycles. The third kappa shape index (κ3) is 19.9. The Hall–Kier alpha value is -1.83. The fraction of sp³-hybridized carbons (Fsp3) is 0.783. The van der Waals surface area contributed by atoms with Gasteiger partial charge in [-0.2, -0.15) is 26.3 Å². The maximum atomic E-state index is 12.3. The fourth-order valence-corrected chi connectivity index (χ4v) is 3.57. The minimum absolute atomic E-state index is 0. The summed E-state index contributed by atoms with van der Waals surface area (Å²) in [5.74, 6) is -4.46. The number of rotatable bonds is 19. The molecule has 37 heavy (non-hydrogen) atoms. The van der Waals surface area contributed by atoms with E-state index in [4.69, 9.17) is 4.74 Å². The molecule has 0 spiro atoms. The molecule has 0 unspecified atom stereocenters. The molecule has 0 atom stereocenters. The maximum Gasteiger partial charge on any atom is 0.471 e. The Bertz CT molecular complexity index is 656. The second-order valence-electron chi connectivity index (χ2n) is 8.85. The molecule has 0 heterocycles. The molecule has 0 bridgehead atoms. The molecule has 0 aromatic heterocycles. The molecule has 0 rings (SSSR count). The molecule has 7 nitrogen and oxygen atoms in total. The van der Waals surface area contributed by atoms with Crippen molar-refractivity contribution in [1.29, 1.82) is 0 Å². The highest BCUT2D eigenvalue weighted by molar-refractivity contribution is 5.82. The van der Waals surface area contributed by atoms with E-state index in [0.29, 0.717) is 30.7 Å². The van der Waals surface area contributed by atoms with E-state index < -0.39 is 30.1 Å². The number of nitrogens with one attached hydrogen (secondary N) is 2. The SMILES string of the molecule is C=CC(=O)OCCCCCCCCC[N+](C)(CCCNC(=O)C(F)(F)F)CCCNC(=O)C(F)(F)F.[Br-]. The molecule has 0 saturated carbocycles. The van der Waals surface area contributed by atoms with Crippen molar-refractivity contribution in [3.05, 3.63) is 12.7 Å². The highest BCUT2D eigenvalue weighted by atomic mass is 79.9. The number of unbranched alkanes of at least 4 members (excludes halogenated alkanes) is 6. The van der Waals surface area contributed by atoms with E-state index in [1.165, 1.54) is 0 Å². The van der Waals surface area contributed by atoms with Crippen LogP contribution in [0.15, 0.2) is 12.7 Å². The van der Waals surface area contributed by atoms with Crippen LogP contribution >= 0.6 is 0 Å². The second-order valence-corrected chi connectivity index (χ2v) is 8.85. The van der Waals surface area contributed by atoms with Gasteiger partial charge in [0.15, 0.2) is 0 Å². The first-order valence-electron chi connectivity index (χ1n) is 12.0. The van der Waals surface area contributed by atoms with Crippen molar-refractivity contribution in [3.63, 3.8) is 0 Å². The highest BCUT2D eigenvalue weighted by Gasteiger charge is 2.39. The molecule has 0 fully saturated rings. The first-order chi connectivity index (χ1) is 16.7. The van der Waals surface area contributed by atoms with Gasteiger partial charge in [-0.05, 0) is 19.3 Å². The Balaban J connectivity index is 0. The van der Waals surface area contributed by atoms with Crippen molar-refractivity contribution in [1.82, 2.24) is 10.6 Å². The Labute approximate surface area is 224 Å². The van der Waals surface area contributed by atoms with Crippen molar-refractivity contribution in [2.45, 2.75) is 70.1 Å². The molecule has 14 heteroatoms. The summed E-state index contributed by atoms with van der Waals surface area (Å²) < 4.78 is 79.2. The molecular formula is C23H38BrF6N3O4. The van der Waals surface area contributed by atoms with Crippen LogP contribution in [0, 0.1) is 0 Å². The van der Waals surface area contributed by atoms with Gasteiger partial charge in [0.25, 0.3) is 0 Å². The van der Waals surface area contributed by atoms with Gasteiger partial charge in [0.05, 0.1) is 33.3 Å². The van der Waals surface area contributed by atoms with E-state index in [1.54, 1.807) is 0 Å². The summed E-state index contributed by atoms with van der Waals surface area (Å²) >= 11 is 0. The van der Waals surface area contributed by atoms with Crippen LogP contribution in [0.3, 0.4) is 0 Å². The number of amides is 2. The van der Waals surface area contributed by atoms with Crippen molar-refractivity contribution in [3.8, 4) is 0 Å². The Kier molecular flexibility index (Phi) is 19.4. The lowest BCUT2D eigenvalue weighted by atomic mass is 10.1. The van der Waals surface area contributed by atoms with E-state index in [0.717, 1.165) is 51.0 Å². The van der Waals surface area contributed by atoms with Crippen LogP contribution in [0.2, 0.25) is 0 Å². The molecule has 0 aromatic carbocycles. The molecule has 0 aliphatic carbocycles. The van der Waals surface area contributed by atoms with E-state index >= 15 is 0 Å². The number of ether oxygens (including phenoxy) is 1. The minimum Gasteiger partial charge on any atom is -1.00 e. The van der Waals surface area contributed by atoms with Gasteiger partial charge in [0.2, 0.25) is 0 Å². The average molecular weight is 614 g/mol. The summed E-state index contributed by atoms with van der Waals surface area (Å²) in [4.78, 5) is 32.8. The number of esters is 1. The third-order valence-corrected chi connectivity index (χ3v) is 5.59. The van der Waals surface area contributed by atoms with E-state index in [2.05, 4.69) is 6.58 Å². The Morgan fingerprint density at radius 3 is 1.51 bits per heavy atom. The fourth-order valence-electron chi connectivity index (χ4n) is 3.57. The lowest BCUT2D eigenvalue weighted by Gasteiger charge is -2.35. The molecule has 0 radical (unpaired) electrons. The number of carbonyl (C=O) groups is 3. The summed E-state index contributed by atoms with van der Waals surface area (Å²) in [5, 5.41) is 3.64. The van der Waals surface area contributed by atoms with E-state index in [1.807, 2.05) is 17.7 Å². The summed E-state index contributed by atoms with van der Waals surface area (Å²) in [6.07, 6.45) is -1.90. The van der Waals surface area contributed by atoms with Gasteiger partial charge in [-0.15, -0.1) is 0 Å². The van der Waals surface area contributed by atoms with Crippen molar-refractivity contribution in [2.24, 2.45) is 0 Å². The highest BCUT2D eigenvalue weighted by Crippen LogP contribution is 2.16. The number of alkyl halides is 6. The van der Waals surface area contributed by atoms with Crippen LogP contribution in [0.5, 0.6) is 0 Å². The van der Waals surface area contributed by atoms with Crippen LogP contribution < -0.4 is 27.6 Å². The zero-order valence-electron chi connectivity index (χ0n) is 21.1. The monoisotopic (exact) mass is 613 g/mol. The third-order valence-electron chi connectivity index (χ3n) is 5.59. The van der Waals surface area contributed by atoms with Gasteiger partial charge in [0, 0.05) is 32.0 Å². The summed E-state index contributed by atoms with van der Waals surface area (Å²) in [5.41, 5.74) is 0. The molecule has 218 valence electrons. The smallest absolute Gasteiger partial charge is 0.471 e. The van der Waals surface area contributed by atoms with Crippen LogP contribution in [0.4, 0.5) is 26.3 Å². The largest absolute Gasteiger partial charge is 1.00 e. The first kappa shape index (κ1) is 37.3. The lowest BCUT2D eigenvalue weighted by Crippen LogP contribution is -3.00. The number of nitrogens with zero attached hydrogens (tertiary/aromatic N) is 1. The van der Waals surface area contributed by atoms with E-state index in [-0.39, 0.29) is 42.9 Å². The van der Waals surface area contributed by atoms with Crippen LogP contribution in [-0.4, -0.2) is 81.0 Å². The summed E-state index contributed by atoms with van der Waals surface area (Å²) in [6.45, 7) is 4.85. The molecule has 0 aromatic rings. The topological polar surface area (TPSA) is 84.5 Å². The van der Waals surface area contributed by atoms with Crippen molar-refractivity contribution in [2.75, 3.05) is 46.4 Å². The Morgan fingerprint density at radius 2 is 1.11 bits per heavy atom. The van der Waals surface area contributed by atoms with E-state index in [9.17, 15) is 40.7 Å². The Morgan fingerprint density at radius 1 is 0.730 bits per heavy atom. The molecule has 0 aliphatic heterocycles. The van der Waals surface area contributed by atoms with Crippen molar-refractivity contribution >= 4 is 17.8 Å². The van der Waals surface area contributed by atoms with Crippen molar-refractivity contribution < 1.29 is 66.9 Å². The quantitative estimate of drug-likeness (QED) is 0.0750. The van der Waals surface area contributed by atoms with Gasteiger partial charge in [0.1, 0.15) is 0 Å². The van der Waals surface area contributed by atoms with Crippen LogP contribution in [0.1, 0.15) is 57.8 Å². The predicted molar refractivity (Wildman–Crippen MR) is 122 cm³/mol. The number of halogens is 7. The first-order valence-corrected chi connectivity index (χ1v) is 12.0. The van der Waals surface area contributed by atoms with Crippen LogP contribution in [0.25, 0.3) is 0 Å². The standard InChI is InChI=1S/C23H37F6N3O4.BrH/c1-3-19(33)36-18-10-8-6-4-5-7-9-15-32(2,16-11-13-30-20(34)22(24,25)26)17-12-14-31-21(35)23(27,28)29;/h3H,1,4-18H2,2H3,(H-,30,31,34,35);1H. The number of hydrogen-bond acceptors (Lipinski definition) is 4. The minimum atomic E-state index is -4.95. The average Bonchev–Trinajstić information content (AvgIpc) is 2.79. The number of carbonyl (C=O) groups excluding carboxylic acids is 3. The maximum absolute atomic E-state index is 12.3. The normalized spacial score (nSPS) is 11.9. The lowest BCUT2D eigenvalue weighted by molar-refractivity contribution is -0.910. The molecule has 2 amide bonds.